The first-order valence-corrected chi connectivity index (χ1v) is 5.96. The number of hydrogen-bond acceptors (Lipinski definition) is 2. The molecule has 0 aromatic heterocycles. The van der Waals surface area contributed by atoms with Crippen molar-refractivity contribution in [2.75, 3.05) is 6.54 Å². The van der Waals surface area contributed by atoms with E-state index in [2.05, 4.69) is 11.8 Å². The van der Waals surface area contributed by atoms with Gasteiger partial charge >= 0.3 is 0 Å². The van der Waals surface area contributed by atoms with Crippen molar-refractivity contribution in [2.45, 2.75) is 58.0 Å². The zero-order valence-electron chi connectivity index (χ0n) is 9.33. The van der Waals surface area contributed by atoms with E-state index in [1.54, 1.807) is 6.92 Å². The number of carbonyl (C=O) groups is 1. The Kier molecular flexibility index (Phi) is 2.91. The van der Waals surface area contributed by atoms with Gasteiger partial charge in [-0.2, -0.15) is 0 Å². The minimum Gasteiger partial charge on any atom is -0.298 e. The van der Waals surface area contributed by atoms with Gasteiger partial charge in [0.05, 0.1) is 6.04 Å². The molecule has 0 amide bonds. The molecule has 2 heteroatoms. The number of likely N-dealkylation sites (tertiary alicyclic amines) is 1. The molecule has 0 bridgehead atoms. The largest absolute Gasteiger partial charge is 0.298 e. The molecule has 3 unspecified atom stereocenters. The van der Waals surface area contributed by atoms with Crippen LogP contribution in [0.2, 0.25) is 0 Å². The van der Waals surface area contributed by atoms with Crippen LogP contribution in [0.1, 0.15) is 46.0 Å². The van der Waals surface area contributed by atoms with Gasteiger partial charge < -0.3 is 0 Å². The lowest BCUT2D eigenvalue weighted by Gasteiger charge is -2.34. The van der Waals surface area contributed by atoms with Crippen molar-refractivity contribution in [3.8, 4) is 0 Å². The Morgan fingerprint density at radius 1 is 1.29 bits per heavy atom. The number of carbonyl (C=O) groups excluding carboxylic acids is 1. The lowest BCUT2D eigenvalue weighted by atomic mass is 9.85. The summed E-state index contributed by atoms with van der Waals surface area (Å²) >= 11 is 0. The third-order valence-corrected chi connectivity index (χ3v) is 4.14. The van der Waals surface area contributed by atoms with Crippen molar-refractivity contribution in [3.63, 3.8) is 0 Å². The topological polar surface area (TPSA) is 20.3 Å². The number of nitrogens with zero attached hydrogens (tertiary/aromatic N) is 1. The first kappa shape index (κ1) is 10.2. The van der Waals surface area contributed by atoms with Crippen LogP contribution in [0, 0.1) is 5.92 Å². The number of fused-ring (bicyclic) bond motifs is 1. The monoisotopic (exact) mass is 195 g/mol. The fourth-order valence-corrected chi connectivity index (χ4v) is 3.16. The smallest absolute Gasteiger partial charge is 0.146 e. The highest BCUT2D eigenvalue weighted by Crippen LogP contribution is 2.37. The fourth-order valence-electron chi connectivity index (χ4n) is 3.16. The van der Waals surface area contributed by atoms with Gasteiger partial charge in [-0.05, 0) is 45.6 Å². The van der Waals surface area contributed by atoms with Gasteiger partial charge in [0.2, 0.25) is 0 Å². The van der Waals surface area contributed by atoms with Crippen molar-refractivity contribution >= 4 is 5.78 Å². The molecule has 2 aliphatic rings. The van der Waals surface area contributed by atoms with Gasteiger partial charge in [-0.15, -0.1) is 0 Å². The molecular formula is C12H21NO. The van der Waals surface area contributed by atoms with Crippen LogP contribution in [-0.2, 0) is 4.79 Å². The van der Waals surface area contributed by atoms with Crippen LogP contribution >= 0.6 is 0 Å². The maximum absolute atomic E-state index is 11.4. The third-order valence-electron chi connectivity index (χ3n) is 4.14. The Balaban J connectivity index is 2.03. The quantitative estimate of drug-likeness (QED) is 0.673. The van der Waals surface area contributed by atoms with Crippen LogP contribution in [0.15, 0.2) is 0 Å². The van der Waals surface area contributed by atoms with E-state index in [1.807, 2.05) is 0 Å². The molecule has 0 aromatic rings. The van der Waals surface area contributed by atoms with Gasteiger partial charge in [-0.25, -0.2) is 0 Å². The molecule has 1 saturated heterocycles. The predicted octanol–water partition coefficient (Wildman–Crippen LogP) is 2.23. The molecule has 1 aliphatic carbocycles. The van der Waals surface area contributed by atoms with Crippen LogP contribution in [0.4, 0.5) is 0 Å². The summed E-state index contributed by atoms with van der Waals surface area (Å²) in [6, 6.07) is 0.880. The van der Waals surface area contributed by atoms with Crippen LogP contribution in [0.5, 0.6) is 0 Å². The molecule has 0 N–H and O–H groups in total. The fraction of sp³-hybridized carbons (Fsp3) is 0.917. The summed E-state index contributed by atoms with van der Waals surface area (Å²) in [5.41, 5.74) is 0. The average molecular weight is 195 g/mol. The Morgan fingerprint density at radius 2 is 2.00 bits per heavy atom. The molecule has 0 spiro atoms. The van der Waals surface area contributed by atoms with Gasteiger partial charge in [0.25, 0.3) is 0 Å². The van der Waals surface area contributed by atoms with Gasteiger partial charge in [-0.1, -0.05) is 12.8 Å². The molecule has 0 aromatic carbocycles. The first-order chi connectivity index (χ1) is 6.70. The first-order valence-electron chi connectivity index (χ1n) is 5.96. The maximum Gasteiger partial charge on any atom is 0.146 e. The maximum atomic E-state index is 11.4. The molecule has 1 aliphatic heterocycles. The van der Waals surface area contributed by atoms with Crippen LogP contribution in [-0.4, -0.2) is 29.3 Å². The van der Waals surface area contributed by atoms with E-state index >= 15 is 0 Å². The lowest BCUT2D eigenvalue weighted by Crippen LogP contribution is -2.43. The standard InChI is InChI=1S/C12H21NO/c1-9(10(2)14)13-8-7-11-5-3-4-6-12(11)13/h9,11-12H,3-8H2,1-2H3. The van der Waals surface area contributed by atoms with E-state index in [9.17, 15) is 4.79 Å². The molecule has 14 heavy (non-hydrogen) atoms. The number of rotatable bonds is 2. The van der Waals surface area contributed by atoms with Crippen molar-refractivity contribution < 1.29 is 4.79 Å². The van der Waals surface area contributed by atoms with Crippen molar-refractivity contribution in [2.24, 2.45) is 5.92 Å². The summed E-state index contributed by atoms with van der Waals surface area (Å²) in [6.07, 6.45) is 6.81. The predicted molar refractivity (Wildman–Crippen MR) is 57.2 cm³/mol. The molecule has 2 nitrogen and oxygen atoms in total. The molecule has 2 rings (SSSR count). The van der Waals surface area contributed by atoms with Crippen molar-refractivity contribution in [1.29, 1.82) is 0 Å². The van der Waals surface area contributed by atoms with E-state index in [4.69, 9.17) is 0 Å². The molecule has 3 atom stereocenters. The summed E-state index contributed by atoms with van der Waals surface area (Å²) in [5, 5.41) is 0. The highest BCUT2D eigenvalue weighted by molar-refractivity contribution is 5.81. The summed E-state index contributed by atoms with van der Waals surface area (Å²) < 4.78 is 0. The van der Waals surface area contributed by atoms with E-state index in [0.717, 1.165) is 18.5 Å². The van der Waals surface area contributed by atoms with E-state index < -0.39 is 0 Å². The Bertz CT molecular complexity index is 226. The van der Waals surface area contributed by atoms with E-state index in [1.165, 1.54) is 32.1 Å². The Morgan fingerprint density at radius 3 is 2.71 bits per heavy atom. The summed E-state index contributed by atoms with van der Waals surface area (Å²) in [4.78, 5) is 13.8. The average Bonchev–Trinajstić information content (AvgIpc) is 2.60. The van der Waals surface area contributed by atoms with Gasteiger partial charge in [0.1, 0.15) is 5.78 Å². The summed E-state index contributed by atoms with van der Waals surface area (Å²) in [5.74, 6) is 1.22. The van der Waals surface area contributed by atoms with E-state index in [-0.39, 0.29) is 6.04 Å². The number of ketones is 1. The minimum absolute atomic E-state index is 0.156. The highest BCUT2D eigenvalue weighted by atomic mass is 16.1. The SMILES string of the molecule is CC(=O)C(C)N1CCC2CCCCC21. The summed E-state index contributed by atoms with van der Waals surface area (Å²) in [7, 11) is 0. The summed E-state index contributed by atoms with van der Waals surface area (Å²) in [6.45, 7) is 4.94. The zero-order valence-corrected chi connectivity index (χ0v) is 9.33. The van der Waals surface area contributed by atoms with Crippen molar-refractivity contribution in [3.05, 3.63) is 0 Å². The van der Waals surface area contributed by atoms with Gasteiger partial charge in [-0.3, -0.25) is 9.69 Å². The van der Waals surface area contributed by atoms with E-state index in [0.29, 0.717) is 5.78 Å². The van der Waals surface area contributed by atoms with Gasteiger partial charge in [0.15, 0.2) is 0 Å². The lowest BCUT2D eigenvalue weighted by molar-refractivity contribution is -0.122. The van der Waals surface area contributed by atoms with Crippen LogP contribution < -0.4 is 0 Å². The van der Waals surface area contributed by atoms with Crippen LogP contribution in [0.25, 0.3) is 0 Å². The Labute approximate surface area is 86.7 Å². The Hall–Kier alpha value is -0.370. The third kappa shape index (κ3) is 1.72. The second kappa shape index (κ2) is 4.01. The number of hydrogen-bond donors (Lipinski definition) is 0. The second-order valence-corrected chi connectivity index (χ2v) is 4.93. The molecule has 0 radical (unpaired) electrons. The minimum atomic E-state index is 0.156. The highest BCUT2D eigenvalue weighted by Gasteiger charge is 2.38. The normalized spacial score (nSPS) is 35.3. The van der Waals surface area contributed by atoms with Gasteiger partial charge in [0, 0.05) is 6.04 Å². The molecule has 2 fully saturated rings. The molecule has 80 valence electrons. The molecule has 1 saturated carbocycles. The number of Topliss-reactive ketones (excluding diaryl/α,β-unsaturated/α-hetero) is 1. The van der Waals surface area contributed by atoms with Crippen LogP contribution in [0.3, 0.4) is 0 Å². The molecule has 1 heterocycles. The second-order valence-electron chi connectivity index (χ2n) is 4.93. The zero-order chi connectivity index (χ0) is 10.1. The van der Waals surface area contributed by atoms with Crippen molar-refractivity contribution in [1.82, 2.24) is 4.90 Å². The molecular weight excluding hydrogens is 174 g/mol.